The van der Waals surface area contributed by atoms with Gasteiger partial charge in [-0.2, -0.15) is 0 Å². The quantitative estimate of drug-likeness (QED) is 0.638. The Morgan fingerprint density at radius 2 is 2.24 bits per heavy atom. The number of nitrogens with one attached hydrogen (secondary N) is 2. The van der Waals surface area contributed by atoms with Gasteiger partial charge in [0, 0.05) is 19.6 Å². The highest BCUT2D eigenvalue weighted by Gasteiger charge is 2.31. The predicted molar refractivity (Wildman–Crippen MR) is 63.7 cm³/mol. The van der Waals surface area contributed by atoms with E-state index >= 15 is 0 Å². The van der Waals surface area contributed by atoms with E-state index in [9.17, 15) is 9.90 Å². The van der Waals surface area contributed by atoms with Gasteiger partial charge in [0.2, 0.25) is 5.91 Å². The van der Waals surface area contributed by atoms with Crippen molar-refractivity contribution in [2.24, 2.45) is 0 Å². The number of amides is 1. The summed E-state index contributed by atoms with van der Waals surface area (Å²) in [6.45, 7) is 2.64. The molecule has 0 spiro atoms. The van der Waals surface area contributed by atoms with E-state index in [-0.39, 0.29) is 12.0 Å². The third kappa shape index (κ3) is 3.94. The maximum absolute atomic E-state index is 11.7. The van der Waals surface area contributed by atoms with Gasteiger partial charge in [-0.15, -0.1) is 0 Å². The number of rotatable bonds is 4. The van der Waals surface area contributed by atoms with Gasteiger partial charge in [0.25, 0.3) is 0 Å². The molecule has 0 radical (unpaired) electrons. The summed E-state index contributed by atoms with van der Waals surface area (Å²) >= 11 is 0. The van der Waals surface area contributed by atoms with Crippen LogP contribution in [0.15, 0.2) is 0 Å². The van der Waals surface area contributed by atoms with E-state index in [1.807, 2.05) is 0 Å². The molecule has 2 fully saturated rings. The summed E-state index contributed by atoms with van der Waals surface area (Å²) in [5.74, 6) is -0.0287. The van der Waals surface area contributed by atoms with Gasteiger partial charge in [0.05, 0.1) is 24.7 Å². The van der Waals surface area contributed by atoms with Crippen LogP contribution in [0.1, 0.15) is 32.1 Å². The molecule has 1 aliphatic heterocycles. The van der Waals surface area contributed by atoms with Crippen molar-refractivity contribution >= 4 is 5.91 Å². The van der Waals surface area contributed by atoms with Crippen molar-refractivity contribution < 1.29 is 14.6 Å². The molecule has 2 aliphatic rings. The number of carbonyl (C=O) groups is 1. The normalized spacial score (nSPS) is 27.9. The number of hydrogen-bond donors (Lipinski definition) is 3. The Labute approximate surface area is 102 Å². The first-order chi connectivity index (χ1) is 8.18. The molecule has 0 aromatic heterocycles. The zero-order valence-electron chi connectivity index (χ0n) is 10.2. The molecule has 5 heteroatoms. The van der Waals surface area contributed by atoms with E-state index in [1.165, 1.54) is 0 Å². The van der Waals surface area contributed by atoms with E-state index in [0.29, 0.717) is 19.6 Å². The highest BCUT2D eigenvalue weighted by atomic mass is 16.5. The third-order valence-corrected chi connectivity index (χ3v) is 3.57. The third-order valence-electron chi connectivity index (χ3n) is 3.57. The van der Waals surface area contributed by atoms with Crippen LogP contribution in [0.5, 0.6) is 0 Å². The average molecular weight is 242 g/mol. The lowest BCUT2D eigenvalue weighted by molar-refractivity contribution is -0.125. The maximum Gasteiger partial charge on any atom is 0.222 e. The minimum Gasteiger partial charge on any atom is -0.388 e. The molecule has 1 saturated carbocycles. The predicted octanol–water partition coefficient (Wildman–Crippen LogP) is -0.214. The molecule has 1 saturated heterocycles. The minimum absolute atomic E-state index is 0.0260. The first-order valence-corrected chi connectivity index (χ1v) is 6.49. The lowest BCUT2D eigenvalue weighted by Gasteiger charge is -2.25. The van der Waals surface area contributed by atoms with Gasteiger partial charge in [-0.25, -0.2) is 0 Å². The summed E-state index contributed by atoms with van der Waals surface area (Å²) in [6.07, 6.45) is 4.07. The Morgan fingerprint density at radius 3 is 2.88 bits per heavy atom. The Hall–Kier alpha value is -0.650. The van der Waals surface area contributed by atoms with Gasteiger partial charge in [-0.1, -0.05) is 12.8 Å². The number of ether oxygens (including phenoxy) is 1. The van der Waals surface area contributed by atoms with Crippen LogP contribution >= 0.6 is 0 Å². The molecule has 0 aromatic rings. The van der Waals surface area contributed by atoms with Crippen molar-refractivity contribution in [1.82, 2.24) is 10.6 Å². The van der Waals surface area contributed by atoms with Gasteiger partial charge >= 0.3 is 0 Å². The van der Waals surface area contributed by atoms with Gasteiger partial charge < -0.3 is 20.5 Å². The smallest absolute Gasteiger partial charge is 0.222 e. The second kappa shape index (κ2) is 5.80. The lowest BCUT2D eigenvalue weighted by Crippen LogP contribution is -2.44. The van der Waals surface area contributed by atoms with E-state index in [1.54, 1.807) is 0 Å². The van der Waals surface area contributed by atoms with Crippen LogP contribution in [-0.4, -0.2) is 49.0 Å². The molecule has 2 rings (SSSR count). The standard InChI is InChI=1S/C12H22N2O3/c15-11(7-10-8-13-5-6-17-10)14-9-12(16)3-1-2-4-12/h10,13,16H,1-9H2,(H,14,15). The Kier molecular flexibility index (Phi) is 4.36. The maximum atomic E-state index is 11.7. The number of morpholine rings is 1. The highest BCUT2D eigenvalue weighted by molar-refractivity contribution is 5.76. The lowest BCUT2D eigenvalue weighted by atomic mass is 10.0. The molecule has 1 atom stereocenters. The van der Waals surface area contributed by atoms with E-state index < -0.39 is 5.60 Å². The number of hydrogen-bond acceptors (Lipinski definition) is 4. The van der Waals surface area contributed by atoms with Crippen molar-refractivity contribution in [1.29, 1.82) is 0 Å². The largest absolute Gasteiger partial charge is 0.388 e. The second-order valence-electron chi connectivity index (χ2n) is 5.11. The SMILES string of the molecule is O=C(CC1CNCCO1)NCC1(O)CCCC1. The average Bonchev–Trinajstić information content (AvgIpc) is 2.76. The summed E-state index contributed by atoms with van der Waals surface area (Å²) in [6, 6.07) is 0. The van der Waals surface area contributed by atoms with E-state index in [2.05, 4.69) is 10.6 Å². The summed E-state index contributed by atoms with van der Waals surface area (Å²) < 4.78 is 5.46. The van der Waals surface area contributed by atoms with Crippen LogP contribution in [0.25, 0.3) is 0 Å². The van der Waals surface area contributed by atoms with Gasteiger partial charge in [-0.3, -0.25) is 4.79 Å². The summed E-state index contributed by atoms with van der Waals surface area (Å²) in [7, 11) is 0. The van der Waals surface area contributed by atoms with Crippen LogP contribution in [-0.2, 0) is 9.53 Å². The first-order valence-electron chi connectivity index (χ1n) is 6.49. The fourth-order valence-electron chi connectivity index (χ4n) is 2.50. The molecular weight excluding hydrogens is 220 g/mol. The summed E-state index contributed by atoms with van der Waals surface area (Å²) in [5, 5.41) is 16.1. The first kappa shape index (κ1) is 12.8. The molecule has 0 aromatic carbocycles. The van der Waals surface area contributed by atoms with Gasteiger partial charge in [0.15, 0.2) is 0 Å². The minimum atomic E-state index is -0.665. The molecule has 17 heavy (non-hydrogen) atoms. The molecule has 3 N–H and O–H groups in total. The van der Waals surface area contributed by atoms with Crippen LogP contribution in [0, 0.1) is 0 Å². The molecular formula is C12H22N2O3. The molecule has 98 valence electrons. The van der Waals surface area contributed by atoms with E-state index in [4.69, 9.17) is 4.74 Å². The van der Waals surface area contributed by atoms with Crippen molar-refractivity contribution in [3.05, 3.63) is 0 Å². The van der Waals surface area contributed by atoms with Crippen LogP contribution in [0.4, 0.5) is 0 Å². The van der Waals surface area contributed by atoms with E-state index in [0.717, 1.165) is 38.8 Å². The van der Waals surface area contributed by atoms with Gasteiger partial charge in [0.1, 0.15) is 0 Å². The van der Waals surface area contributed by atoms with Crippen LogP contribution in [0.2, 0.25) is 0 Å². The zero-order chi connectivity index (χ0) is 12.1. The summed E-state index contributed by atoms with van der Waals surface area (Å²) in [4.78, 5) is 11.7. The number of carbonyl (C=O) groups excluding carboxylic acids is 1. The van der Waals surface area contributed by atoms with Crippen LogP contribution < -0.4 is 10.6 Å². The Bertz CT molecular complexity index is 258. The van der Waals surface area contributed by atoms with Crippen LogP contribution in [0.3, 0.4) is 0 Å². The summed E-state index contributed by atoms with van der Waals surface area (Å²) in [5.41, 5.74) is -0.665. The molecule has 0 bridgehead atoms. The van der Waals surface area contributed by atoms with Crippen molar-refractivity contribution in [2.75, 3.05) is 26.2 Å². The fourth-order valence-corrected chi connectivity index (χ4v) is 2.50. The zero-order valence-corrected chi connectivity index (χ0v) is 10.2. The monoisotopic (exact) mass is 242 g/mol. The van der Waals surface area contributed by atoms with Crippen molar-refractivity contribution in [2.45, 2.75) is 43.8 Å². The van der Waals surface area contributed by atoms with Crippen molar-refractivity contribution in [3.63, 3.8) is 0 Å². The highest BCUT2D eigenvalue weighted by Crippen LogP contribution is 2.28. The Morgan fingerprint density at radius 1 is 1.47 bits per heavy atom. The molecule has 1 unspecified atom stereocenters. The molecule has 1 amide bonds. The van der Waals surface area contributed by atoms with Gasteiger partial charge in [-0.05, 0) is 12.8 Å². The molecule has 1 heterocycles. The molecule has 5 nitrogen and oxygen atoms in total. The van der Waals surface area contributed by atoms with Crippen molar-refractivity contribution in [3.8, 4) is 0 Å². The number of aliphatic hydroxyl groups is 1. The topological polar surface area (TPSA) is 70.6 Å². The fraction of sp³-hybridized carbons (Fsp3) is 0.917. The molecule has 1 aliphatic carbocycles. The Balaban J connectivity index is 1.66. The second-order valence-corrected chi connectivity index (χ2v) is 5.11.